The number of thioether (sulfide) groups is 1. The summed E-state index contributed by atoms with van der Waals surface area (Å²) in [6, 6.07) is 14.1. The number of benzene rings is 2. The summed E-state index contributed by atoms with van der Waals surface area (Å²) in [7, 11) is 3.26. The van der Waals surface area contributed by atoms with Crippen molar-refractivity contribution in [2.45, 2.75) is 25.5 Å². The highest BCUT2D eigenvalue weighted by atomic mass is 32.2. The predicted octanol–water partition coefficient (Wildman–Crippen LogP) is 4.54. The SMILES string of the molecule is CCc1ccc(-n2nc(C)c3c2NC(=O)CS[C@H]3c2cccc(OC)c2OC)cc1. The Labute approximate surface area is 180 Å². The third-order valence-corrected chi connectivity index (χ3v) is 6.56. The van der Waals surface area contributed by atoms with Gasteiger partial charge in [0.15, 0.2) is 11.5 Å². The molecule has 30 heavy (non-hydrogen) atoms. The summed E-state index contributed by atoms with van der Waals surface area (Å²) >= 11 is 1.56. The van der Waals surface area contributed by atoms with Gasteiger partial charge in [-0.2, -0.15) is 5.10 Å². The van der Waals surface area contributed by atoms with Crippen molar-refractivity contribution in [1.82, 2.24) is 9.78 Å². The van der Waals surface area contributed by atoms with E-state index in [4.69, 9.17) is 14.6 Å². The lowest BCUT2D eigenvalue weighted by atomic mass is 10.0. The second-order valence-electron chi connectivity index (χ2n) is 7.10. The number of anilines is 1. The van der Waals surface area contributed by atoms with Crippen LogP contribution in [-0.2, 0) is 11.2 Å². The molecule has 4 rings (SSSR count). The Bertz CT molecular complexity index is 1080. The van der Waals surface area contributed by atoms with Crippen LogP contribution in [0.2, 0.25) is 0 Å². The van der Waals surface area contributed by atoms with Gasteiger partial charge in [0.1, 0.15) is 5.82 Å². The third kappa shape index (κ3) is 3.54. The van der Waals surface area contributed by atoms with Gasteiger partial charge in [-0.05, 0) is 37.1 Å². The van der Waals surface area contributed by atoms with Crippen LogP contribution in [0.1, 0.15) is 34.6 Å². The van der Waals surface area contributed by atoms with Crippen molar-refractivity contribution < 1.29 is 14.3 Å². The zero-order chi connectivity index (χ0) is 21.3. The van der Waals surface area contributed by atoms with Crippen molar-refractivity contribution in [3.8, 4) is 17.2 Å². The van der Waals surface area contributed by atoms with Crippen LogP contribution >= 0.6 is 11.8 Å². The fourth-order valence-corrected chi connectivity index (χ4v) is 5.01. The van der Waals surface area contributed by atoms with Crippen LogP contribution in [0.15, 0.2) is 42.5 Å². The molecule has 7 heteroatoms. The number of aryl methyl sites for hydroxylation is 2. The van der Waals surface area contributed by atoms with Gasteiger partial charge < -0.3 is 14.8 Å². The van der Waals surface area contributed by atoms with Gasteiger partial charge in [-0.1, -0.05) is 31.2 Å². The molecule has 1 aliphatic heterocycles. The normalized spacial score (nSPS) is 15.9. The van der Waals surface area contributed by atoms with Crippen LogP contribution in [0.25, 0.3) is 5.69 Å². The number of fused-ring (bicyclic) bond motifs is 1. The lowest BCUT2D eigenvalue weighted by Gasteiger charge is -2.20. The quantitative estimate of drug-likeness (QED) is 0.653. The van der Waals surface area contributed by atoms with Crippen molar-refractivity contribution in [2.75, 3.05) is 25.3 Å². The third-order valence-electron chi connectivity index (χ3n) is 5.31. The van der Waals surface area contributed by atoms with Crippen LogP contribution in [-0.4, -0.2) is 35.7 Å². The number of para-hydroxylation sites is 1. The van der Waals surface area contributed by atoms with Gasteiger partial charge in [-0.3, -0.25) is 4.79 Å². The molecular formula is C23H25N3O3S. The number of hydrogen-bond donors (Lipinski definition) is 1. The monoisotopic (exact) mass is 423 g/mol. The summed E-state index contributed by atoms with van der Waals surface area (Å²) in [5.74, 6) is 2.35. The molecule has 1 atom stereocenters. The molecule has 0 fully saturated rings. The van der Waals surface area contributed by atoms with Crippen LogP contribution in [0.5, 0.6) is 11.5 Å². The summed E-state index contributed by atoms with van der Waals surface area (Å²) in [6.45, 7) is 4.11. The van der Waals surface area contributed by atoms with Gasteiger partial charge in [0, 0.05) is 11.1 Å². The van der Waals surface area contributed by atoms with Gasteiger partial charge >= 0.3 is 0 Å². The molecule has 6 nitrogen and oxygen atoms in total. The fraction of sp³-hybridized carbons (Fsp3) is 0.304. The zero-order valence-corrected chi connectivity index (χ0v) is 18.4. The Morgan fingerprint density at radius 2 is 1.93 bits per heavy atom. The molecule has 3 aromatic rings. The number of hydrogen-bond acceptors (Lipinski definition) is 5. The van der Waals surface area contributed by atoms with E-state index < -0.39 is 0 Å². The van der Waals surface area contributed by atoms with E-state index in [0.717, 1.165) is 28.9 Å². The Hall–Kier alpha value is -2.93. The number of rotatable bonds is 5. The second kappa shape index (κ2) is 8.44. The van der Waals surface area contributed by atoms with Crippen LogP contribution in [0, 0.1) is 6.92 Å². The highest BCUT2D eigenvalue weighted by Crippen LogP contribution is 2.48. The van der Waals surface area contributed by atoms with E-state index in [-0.39, 0.29) is 11.2 Å². The van der Waals surface area contributed by atoms with E-state index in [9.17, 15) is 4.79 Å². The Morgan fingerprint density at radius 3 is 2.60 bits per heavy atom. The largest absolute Gasteiger partial charge is 0.493 e. The maximum Gasteiger partial charge on any atom is 0.235 e. The van der Waals surface area contributed by atoms with Crippen LogP contribution in [0.3, 0.4) is 0 Å². The van der Waals surface area contributed by atoms with Crippen molar-refractivity contribution in [3.05, 3.63) is 64.8 Å². The molecule has 1 amide bonds. The molecule has 0 spiro atoms. The van der Waals surface area contributed by atoms with Gasteiger partial charge in [0.05, 0.1) is 36.6 Å². The number of methoxy groups -OCH3 is 2. The van der Waals surface area contributed by atoms with Gasteiger partial charge in [-0.15, -0.1) is 11.8 Å². The Balaban J connectivity index is 1.89. The lowest BCUT2D eigenvalue weighted by Crippen LogP contribution is -2.15. The number of aromatic nitrogens is 2. The van der Waals surface area contributed by atoms with Crippen molar-refractivity contribution in [1.29, 1.82) is 0 Å². The van der Waals surface area contributed by atoms with Crippen LogP contribution < -0.4 is 14.8 Å². The smallest absolute Gasteiger partial charge is 0.235 e. The summed E-state index contributed by atoms with van der Waals surface area (Å²) in [4.78, 5) is 12.6. The molecule has 1 aliphatic rings. The fourth-order valence-electron chi connectivity index (χ4n) is 3.81. The van der Waals surface area contributed by atoms with Gasteiger partial charge in [0.25, 0.3) is 0 Å². The minimum Gasteiger partial charge on any atom is -0.493 e. The first-order chi connectivity index (χ1) is 14.6. The summed E-state index contributed by atoms with van der Waals surface area (Å²) in [5.41, 5.74) is 4.99. The highest BCUT2D eigenvalue weighted by molar-refractivity contribution is 8.00. The molecule has 156 valence electrons. The maximum atomic E-state index is 12.6. The van der Waals surface area contributed by atoms with E-state index in [1.807, 2.05) is 41.9 Å². The van der Waals surface area contributed by atoms with E-state index in [1.54, 1.807) is 26.0 Å². The van der Waals surface area contributed by atoms with E-state index in [2.05, 4.69) is 24.4 Å². The molecule has 0 radical (unpaired) electrons. The average molecular weight is 424 g/mol. The molecule has 1 N–H and O–H groups in total. The summed E-state index contributed by atoms with van der Waals surface area (Å²) in [6.07, 6.45) is 0.974. The first-order valence-corrected chi connectivity index (χ1v) is 10.9. The minimum atomic E-state index is -0.118. The first kappa shape index (κ1) is 20.3. The number of nitrogens with zero attached hydrogens (tertiary/aromatic N) is 2. The lowest BCUT2D eigenvalue weighted by molar-refractivity contribution is -0.113. The molecule has 2 heterocycles. The topological polar surface area (TPSA) is 65.4 Å². The molecule has 0 saturated heterocycles. The van der Waals surface area contributed by atoms with E-state index in [0.29, 0.717) is 23.1 Å². The molecule has 2 aromatic carbocycles. The van der Waals surface area contributed by atoms with E-state index in [1.165, 1.54) is 5.56 Å². The van der Waals surface area contributed by atoms with Crippen molar-refractivity contribution in [2.24, 2.45) is 0 Å². The number of nitrogens with one attached hydrogen (secondary N) is 1. The van der Waals surface area contributed by atoms with Gasteiger partial charge in [0.2, 0.25) is 5.91 Å². The number of carbonyl (C=O) groups excluding carboxylic acids is 1. The zero-order valence-electron chi connectivity index (χ0n) is 17.6. The highest BCUT2D eigenvalue weighted by Gasteiger charge is 2.32. The molecule has 0 saturated carbocycles. The maximum absolute atomic E-state index is 12.6. The van der Waals surface area contributed by atoms with Crippen molar-refractivity contribution >= 4 is 23.5 Å². The first-order valence-electron chi connectivity index (χ1n) is 9.88. The summed E-state index contributed by atoms with van der Waals surface area (Å²) < 4.78 is 13.0. The molecule has 0 unspecified atom stereocenters. The van der Waals surface area contributed by atoms with E-state index >= 15 is 0 Å². The van der Waals surface area contributed by atoms with Crippen molar-refractivity contribution in [3.63, 3.8) is 0 Å². The number of carbonyl (C=O) groups is 1. The Kier molecular flexibility index (Phi) is 5.72. The predicted molar refractivity (Wildman–Crippen MR) is 120 cm³/mol. The minimum absolute atomic E-state index is 0.0445. The molecular weight excluding hydrogens is 398 g/mol. The molecule has 0 bridgehead atoms. The van der Waals surface area contributed by atoms with Crippen LogP contribution in [0.4, 0.5) is 5.82 Å². The average Bonchev–Trinajstić information content (AvgIpc) is 2.98. The number of ether oxygens (including phenoxy) is 2. The standard InChI is InChI=1S/C23H25N3O3S/c1-5-15-9-11-16(12-10-15)26-23-20(14(2)25-26)22(30-13-19(27)24-23)17-7-6-8-18(28-3)21(17)29-4/h6-12,22H,5,13H2,1-4H3,(H,24,27)/t22-/m0/s1. The molecule has 1 aromatic heterocycles. The number of amides is 1. The second-order valence-corrected chi connectivity index (χ2v) is 8.19. The Morgan fingerprint density at radius 1 is 1.17 bits per heavy atom. The summed E-state index contributed by atoms with van der Waals surface area (Å²) in [5, 5.41) is 7.74. The molecule has 0 aliphatic carbocycles. The van der Waals surface area contributed by atoms with Gasteiger partial charge in [-0.25, -0.2) is 4.68 Å².